The van der Waals surface area contributed by atoms with E-state index in [1.165, 1.54) is 0 Å². The molecule has 0 radical (unpaired) electrons. The molecule has 0 aliphatic carbocycles. The molecule has 0 aliphatic rings. The van der Waals surface area contributed by atoms with Crippen LogP contribution in [0.25, 0.3) is 10.9 Å². The van der Waals surface area contributed by atoms with Crippen molar-refractivity contribution in [3.05, 3.63) is 70.8 Å². The van der Waals surface area contributed by atoms with Crippen LogP contribution in [-0.2, 0) is 17.8 Å². The lowest BCUT2D eigenvalue weighted by molar-refractivity contribution is -0.118. The van der Waals surface area contributed by atoms with Crippen LogP contribution in [0.2, 0.25) is 0 Å². The molecular formula is C17H14BrNO. The summed E-state index contributed by atoms with van der Waals surface area (Å²) in [6.45, 7) is 0.412. The summed E-state index contributed by atoms with van der Waals surface area (Å²) in [6, 6.07) is 17.9. The van der Waals surface area contributed by atoms with E-state index >= 15 is 0 Å². The van der Waals surface area contributed by atoms with Gasteiger partial charge in [-0.1, -0.05) is 52.3 Å². The molecule has 0 saturated carbocycles. The van der Waals surface area contributed by atoms with Crippen molar-refractivity contribution in [2.75, 3.05) is 0 Å². The average Bonchev–Trinajstić information content (AvgIpc) is 2.84. The summed E-state index contributed by atoms with van der Waals surface area (Å²) in [6.07, 6.45) is 2.45. The number of nitrogens with zero attached hydrogens (tertiary/aromatic N) is 1. The van der Waals surface area contributed by atoms with E-state index in [4.69, 9.17) is 0 Å². The fourth-order valence-corrected chi connectivity index (χ4v) is 2.88. The Kier molecular flexibility index (Phi) is 3.70. The van der Waals surface area contributed by atoms with E-state index in [-0.39, 0.29) is 5.78 Å². The Balaban J connectivity index is 1.80. The minimum Gasteiger partial charge on any atom is -0.340 e. The quantitative estimate of drug-likeness (QED) is 0.703. The molecule has 2 aromatic carbocycles. The van der Waals surface area contributed by atoms with Gasteiger partial charge in [0.05, 0.1) is 6.54 Å². The minimum absolute atomic E-state index is 0.216. The number of hydrogen-bond acceptors (Lipinski definition) is 1. The van der Waals surface area contributed by atoms with Gasteiger partial charge in [-0.3, -0.25) is 4.79 Å². The number of rotatable bonds is 4. The van der Waals surface area contributed by atoms with Crippen molar-refractivity contribution in [3.63, 3.8) is 0 Å². The van der Waals surface area contributed by atoms with Crippen LogP contribution in [-0.4, -0.2) is 10.4 Å². The molecule has 0 saturated heterocycles. The maximum absolute atomic E-state index is 12.2. The van der Waals surface area contributed by atoms with E-state index in [0.717, 1.165) is 20.9 Å². The van der Waals surface area contributed by atoms with E-state index in [0.29, 0.717) is 13.0 Å². The first-order valence-electron chi connectivity index (χ1n) is 6.53. The van der Waals surface area contributed by atoms with Gasteiger partial charge in [-0.15, -0.1) is 0 Å². The molecule has 0 spiro atoms. The summed E-state index contributed by atoms with van der Waals surface area (Å²) < 4.78 is 3.06. The van der Waals surface area contributed by atoms with Crippen LogP contribution in [0.3, 0.4) is 0 Å². The molecule has 0 N–H and O–H groups in total. The van der Waals surface area contributed by atoms with E-state index in [1.807, 2.05) is 65.4 Å². The van der Waals surface area contributed by atoms with Crippen molar-refractivity contribution < 1.29 is 4.79 Å². The maximum atomic E-state index is 12.2. The predicted molar refractivity (Wildman–Crippen MR) is 84.8 cm³/mol. The highest BCUT2D eigenvalue weighted by molar-refractivity contribution is 9.10. The maximum Gasteiger partial charge on any atom is 0.156 e. The second kappa shape index (κ2) is 5.63. The molecule has 3 rings (SSSR count). The van der Waals surface area contributed by atoms with E-state index < -0.39 is 0 Å². The zero-order valence-corrected chi connectivity index (χ0v) is 12.5. The molecule has 3 aromatic rings. The molecule has 20 heavy (non-hydrogen) atoms. The Bertz CT molecular complexity index is 746. The number of Topliss-reactive ketones (excluding diaryl/α,β-unsaturated/α-hetero) is 1. The summed E-state index contributed by atoms with van der Waals surface area (Å²) in [5.74, 6) is 0.216. The molecule has 0 amide bonds. The fraction of sp³-hybridized carbons (Fsp3) is 0.118. The smallest absolute Gasteiger partial charge is 0.156 e. The Morgan fingerprint density at radius 3 is 2.60 bits per heavy atom. The van der Waals surface area contributed by atoms with Crippen LogP contribution in [0, 0.1) is 0 Å². The number of carbonyl (C=O) groups is 1. The van der Waals surface area contributed by atoms with Gasteiger partial charge in [-0.05, 0) is 23.8 Å². The lowest BCUT2D eigenvalue weighted by Crippen LogP contribution is -2.11. The molecule has 0 fully saturated rings. The minimum atomic E-state index is 0.216. The molecule has 1 heterocycles. The van der Waals surface area contributed by atoms with Gasteiger partial charge in [0.2, 0.25) is 0 Å². The third kappa shape index (κ3) is 2.68. The van der Waals surface area contributed by atoms with Crippen LogP contribution in [0.15, 0.2) is 65.3 Å². The Hall–Kier alpha value is -1.87. The largest absolute Gasteiger partial charge is 0.340 e. The fourth-order valence-electron chi connectivity index (χ4n) is 2.39. The summed E-state index contributed by atoms with van der Waals surface area (Å²) in [5.41, 5.74) is 2.15. The number of halogens is 1. The number of carbonyl (C=O) groups excluding carboxylic acids is 1. The van der Waals surface area contributed by atoms with E-state index in [9.17, 15) is 4.79 Å². The van der Waals surface area contributed by atoms with Crippen LogP contribution in [0.4, 0.5) is 0 Å². The summed E-state index contributed by atoms with van der Waals surface area (Å²) in [5, 5.41) is 1.14. The standard InChI is InChI=1S/C17H14BrNO/c18-16-7-4-8-17-15(16)9-10-19(17)12-14(20)11-13-5-2-1-3-6-13/h1-10H,11-12H2. The highest BCUT2D eigenvalue weighted by Crippen LogP contribution is 2.24. The molecule has 0 atom stereocenters. The second-order valence-corrected chi connectivity index (χ2v) is 5.67. The molecule has 0 aliphatic heterocycles. The summed E-state index contributed by atoms with van der Waals surface area (Å²) in [4.78, 5) is 12.2. The lowest BCUT2D eigenvalue weighted by atomic mass is 10.1. The number of fused-ring (bicyclic) bond motifs is 1. The van der Waals surface area contributed by atoms with Gasteiger partial charge < -0.3 is 4.57 Å². The zero-order valence-electron chi connectivity index (χ0n) is 10.9. The van der Waals surface area contributed by atoms with Crippen molar-refractivity contribution in [3.8, 4) is 0 Å². The SMILES string of the molecule is O=C(Cc1ccccc1)Cn1ccc2c(Br)cccc21. The molecular weight excluding hydrogens is 314 g/mol. The predicted octanol–water partition coefficient (Wildman–Crippen LogP) is 4.22. The Morgan fingerprint density at radius 1 is 1.00 bits per heavy atom. The molecule has 0 unspecified atom stereocenters. The number of benzene rings is 2. The van der Waals surface area contributed by atoms with Gasteiger partial charge in [-0.25, -0.2) is 0 Å². The number of hydrogen-bond donors (Lipinski definition) is 0. The van der Waals surface area contributed by atoms with E-state index in [1.54, 1.807) is 0 Å². The molecule has 100 valence electrons. The Labute approximate surface area is 126 Å². The third-order valence-electron chi connectivity index (χ3n) is 3.35. The van der Waals surface area contributed by atoms with Gasteiger partial charge in [0.25, 0.3) is 0 Å². The van der Waals surface area contributed by atoms with Gasteiger partial charge in [-0.2, -0.15) is 0 Å². The van der Waals surface area contributed by atoms with Crippen molar-refractivity contribution >= 4 is 32.6 Å². The molecule has 2 nitrogen and oxygen atoms in total. The molecule has 3 heteroatoms. The second-order valence-electron chi connectivity index (χ2n) is 4.82. The van der Waals surface area contributed by atoms with Gasteiger partial charge >= 0.3 is 0 Å². The average molecular weight is 328 g/mol. The summed E-state index contributed by atoms with van der Waals surface area (Å²) in [7, 11) is 0. The zero-order chi connectivity index (χ0) is 13.9. The first-order chi connectivity index (χ1) is 9.74. The first-order valence-corrected chi connectivity index (χ1v) is 7.32. The summed E-state index contributed by atoms with van der Waals surface area (Å²) >= 11 is 3.53. The normalized spacial score (nSPS) is 10.8. The van der Waals surface area contributed by atoms with Gasteiger partial charge in [0.1, 0.15) is 0 Å². The van der Waals surface area contributed by atoms with Crippen molar-refractivity contribution in [1.29, 1.82) is 0 Å². The molecule has 0 bridgehead atoms. The lowest BCUT2D eigenvalue weighted by Gasteiger charge is -2.05. The monoisotopic (exact) mass is 327 g/mol. The van der Waals surface area contributed by atoms with Gasteiger partial charge in [0, 0.05) is 28.0 Å². The van der Waals surface area contributed by atoms with Crippen molar-refractivity contribution in [1.82, 2.24) is 4.57 Å². The van der Waals surface area contributed by atoms with Crippen LogP contribution in [0.1, 0.15) is 5.56 Å². The third-order valence-corrected chi connectivity index (χ3v) is 4.04. The van der Waals surface area contributed by atoms with Crippen LogP contribution < -0.4 is 0 Å². The van der Waals surface area contributed by atoms with Crippen LogP contribution >= 0.6 is 15.9 Å². The number of ketones is 1. The first kappa shape index (κ1) is 13.1. The molecule has 1 aromatic heterocycles. The van der Waals surface area contributed by atoms with Crippen molar-refractivity contribution in [2.24, 2.45) is 0 Å². The number of aromatic nitrogens is 1. The van der Waals surface area contributed by atoms with Gasteiger partial charge in [0.15, 0.2) is 5.78 Å². The van der Waals surface area contributed by atoms with Crippen LogP contribution in [0.5, 0.6) is 0 Å². The Morgan fingerprint density at radius 2 is 1.80 bits per heavy atom. The highest BCUT2D eigenvalue weighted by atomic mass is 79.9. The highest BCUT2D eigenvalue weighted by Gasteiger charge is 2.08. The van der Waals surface area contributed by atoms with Crippen molar-refractivity contribution in [2.45, 2.75) is 13.0 Å². The topological polar surface area (TPSA) is 22.0 Å². The van der Waals surface area contributed by atoms with E-state index in [2.05, 4.69) is 15.9 Å².